The number of fused-ring (bicyclic) bond motifs is 2. The first-order valence-electron chi connectivity index (χ1n) is 8.18. The number of carboxylic acids is 1. The van der Waals surface area contributed by atoms with Gasteiger partial charge in [-0.05, 0) is 12.0 Å². The molecule has 3 heterocycles. The number of carbonyl (C=O) groups excluding carboxylic acids is 1. The molecule has 8 heteroatoms. The standard InChI is InChI=1S/C18H16N2O6/c21-15-11(18(24)25)8-19-9-13-20(17(23)14(19)16(15)22)7-6-12(26-13)10-4-2-1-3-5-10/h1-5,8,12-13,22H,6-7,9H2,(H,24,25)/t12-,13-/m0/s1. The molecule has 1 fully saturated rings. The summed E-state index contributed by atoms with van der Waals surface area (Å²) in [4.78, 5) is 37.4. The lowest BCUT2D eigenvalue weighted by atomic mass is 10.0. The fourth-order valence-corrected chi connectivity index (χ4v) is 3.49. The predicted molar refractivity (Wildman–Crippen MR) is 89.0 cm³/mol. The molecule has 4 rings (SSSR count). The fraction of sp³-hybridized carbons (Fsp3) is 0.278. The summed E-state index contributed by atoms with van der Waals surface area (Å²) in [6, 6.07) is 9.63. The number of benzene rings is 1. The number of pyridine rings is 1. The van der Waals surface area contributed by atoms with Gasteiger partial charge in [-0.25, -0.2) is 4.79 Å². The Morgan fingerprint density at radius 1 is 1.19 bits per heavy atom. The van der Waals surface area contributed by atoms with E-state index in [1.54, 1.807) is 0 Å². The van der Waals surface area contributed by atoms with Crippen LogP contribution < -0.4 is 5.43 Å². The molecule has 1 amide bonds. The first-order chi connectivity index (χ1) is 12.5. The molecule has 2 N–H and O–H groups in total. The van der Waals surface area contributed by atoms with Crippen LogP contribution in [0.5, 0.6) is 5.75 Å². The summed E-state index contributed by atoms with van der Waals surface area (Å²) in [6.45, 7) is 0.551. The number of hydrogen-bond donors (Lipinski definition) is 2. The summed E-state index contributed by atoms with van der Waals surface area (Å²) in [5.41, 5.74) is -0.837. The van der Waals surface area contributed by atoms with Crippen LogP contribution >= 0.6 is 0 Å². The van der Waals surface area contributed by atoms with Gasteiger partial charge in [0.05, 0.1) is 12.6 Å². The minimum absolute atomic E-state index is 0.137. The molecule has 0 spiro atoms. The number of hydrogen-bond acceptors (Lipinski definition) is 5. The average Bonchev–Trinajstić information content (AvgIpc) is 2.64. The fourth-order valence-electron chi connectivity index (χ4n) is 3.49. The zero-order chi connectivity index (χ0) is 18.4. The van der Waals surface area contributed by atoms with E-state index in [0.717, 1.165) is 11.8 Å². The number of aromatic hydroxyl groups is 1. The topological polar surface area (TPSA) is 109 Å². The molecule has 2 aliphatic heterocycles. The predicted octanol–water partition coefficient (Wildman–Crippen LogP) is 1.20. The van der Waals surface area contributed by atoms with E-state index in [0.29, 0.717) is 13.0 Å². The van der Waals surface area contributed by atoms with Crippen molar-refractivity contribution in [2.75, 3.05) is 6.54 Å². The van der Waals surface area contributed by atoms with Crippen LogP contribution in [-0.4, -0.2) is 44.3 Å². The van der Waals surface area contributed by atoms with Crippen molar-refractivity contribution in [2.45, 2.75) is 25.3 Å². The maximum Gasteiger partial charge on any atom is 0.341 e. The summed E-state index contributed by atoms with van der Waals surface area (Å²) in [6.07, 6.45) is 0.894. The number of rotatable bonds is 2. The Balaban J connectivity index is 1.71. The second-order valence-electron chi connectivity index (χ2n) is 6.30. The van der Waals surface area contributed by atoms with Crippen molar-refractivity contribution in [1.29, 1.82) is 0 Å². The molecule has 0 bridgehead atoms. The molecular weight excluding hydrogens is 340 g/mol. The lowest BCUT2D eigenvalue weighted by Gasteiger charge is -2.43. The van der Waals surface area contributed by atoms with E-state index < -0.39 is 34.8 Å². The second kappa shape index (κ2) is 5.99. The lowest BCUT2D eigenvalue weighted by Crippen LogP contribution is -2.53. The van der Waals surface area contributed by atoms with Crippen molar-refractivity contribution in [3.63, 3.8) is 0 Å². The minimum Gasteiger partial charge on any atom is -0.503 e. The third kappa shape index (κ3) is 2.46. The van der Waals surface area contributed by atoms with Crippen LogP contribution in [0.1, 0.15) is 38.9 Å². The van der Waals surface area contributed by atoms with E-state index in [4.69, 9.17) is 9.84 Å². The van der Waals surface area contributed by atoms with E-state index in [1.807, 2.05) is 30.3 Å². The van der Waals surface area contributed by atoms with Crippen LogP contribution in [0.2, 0.25) is 0 Å². The molecule has 134 valence electrons. The maximum absolute atomic E-state index is 12.7. The van der Waals surface area contributed by atoms with Gasteiger partial charge < -0.3 is 24.4 Å². The molecule has 0 aliphatic carbocycles. The van der Waals surface area contributed by atoms with Gasteiger partial charge in [-0.3, -0.25) is 9.59 Å². The second-order valence-corrected chi connectivity index (χ2v) is 6.30. The van der Waals surface area contributed by atoms with Crippen LogP contribution in [-0.2, 0) is 11.3 Å². The highest BCUT2D eigenvalue weighted by molar-refractivity contribution is 5.97. The number of carbonyl (C=O) groups is 2. The Labute approximate surface area is 147 Å². The van der Waals surface area contributed by atoms with Crippen LogP contribution in [0.15, 0.2) is 41.3 Å². The zero-order valence-electron chi connectivity index (χ0n) is 13.7. The summed E-state index contributed by atoms with van der Waals surface area (Å²) >= 11 is 0. The number of aromatic nitrogens is 1. The summed E-state index contributed by atoms with van der Waals surface area (Å²) in [5, 5.41) is 19.2. The van der Waals surface area contributed by atoms with Gasteiger partial charge in [0.15, 0.2) is 17.7 Å². The first-order valence-corrected chi connectivity index (χ1v) is 8.18. The Kier molecular flexibility index (Phi) is 3.77. The first kappa shape index (κ1) is 16.3. The molecule has 8 nitrogen and oxygen atoms in total. The van der Waals surface area contributed by atoms with E-state index in [9.17, 15) is 19.5 Å². The summed E-state index contributed by atoms with van der Waals surface area (Å²) < 4.78 is 7.34. The van der Waals surface area contributed by atoms with Crippen molar-refractivity contribution in [3.8, 4) is 5.75 Å². The molecule has 0 saturated carbocycles. The van der Waals surface area contributed by atoms with Crippen LogP contribution in [0.4, 0.5) is 0 Å². The highest BCUT2D eigenvalue weighted by Gasteiger charge is 2.40. The van der Waals surface area contributed by atoms with Crippen molar-refractivity contribution in [3.05, 3.63) is 63.6 Å². The number of nitrogens with zero attached hydrogens (tertiary/aromatic N) is 2. The number of ether oxygens (including phenoxy) is 1. The largest absolute Gasteiger partial charge is 0.503 e. The van der Waals surface area contributed by atoms with E-state index in [-0.39, 0.29) is 18.3 Å². The van der Waals surface area contributed by atoms with Crippen LogP contribution in [0, 0.1) is 0 Å². The van der Waals surface area contributed by atoms with Gasteiger partial charge in [0.25, 0.3) is 5.91 Å². The quantitative estimate of drug-likeness (QED) is 0.837. The molecule has 2 aliphatic rings. The summed E-state index contributed by atoms with van der Waals surface area (Å²) in [7, 11) is 0. The molecule has 1 aromatic heterocycles. The number of carboxylic acid groups (broad SMARTS) is 1. The monoisotopic (exact) mass is 356 g/mol. The van der Waals surface area contributed by atoms with Crippen molar-refractivity contribution < 1.29 is 24.5 Å². The third-order valence-electron chi connectivity index (χ3n) is 4.78. The Bertz CT molecular complexity index is 952. The van der Waals surface area contributed by atoms with Crippen molar-refractivity contribution in [2.24, 2.45) is 0 Å². The van der Waals surface area contributed by atoms with Gasteiger partial charge in [-0.1, -0.05) is 30.3 Å². The minimum atomic E-state index is -1.46. The highest BCUT2D eigenvalue weighted by Crippen LogP contribution is 2.33. The highest BCUT2D eigenvalue weighted by atomic mass is 16.5. The van der Waals surface area contributed by atoms with Crippen molar-refractivity contribution in [1.82, 2.24) is 9.47 Å². The third-order valence-corrected chi connectivity index (χ3v) is 4.78. The number of aromatic carboxylic acids is 1. The van der Waals surface area contributed by atoms with Gasteiger partial charge >= 0.3 is 5.97 Å². The average molecular weight is 356 g/mol. The van der Waals surface area contributed by atoms with Gasteiger partial charge in [0.2, 0.25) is 5.43 Å². The maximum atomic E-state index is 12.7. The van der Waals surface area contributed by atoms with E-state index >= 15 is 0 Å². The zero-order valence-corrected chi connectivity index (χ0v) is 13.7. The van der Waals surface area contributed by atoms with Crippen molar-refractivity contribution >= 4 is 11.9 Å². The van der Waals surface area contributed by atoms with E-state index in [2.05, 4.69) is 0 Å². The van der Waals surface area contributed by atoms with E-state index in [1.165, 1.54) is 9.47 Å². The molecule has 26 heavy (non-hydrogen) atoms. The molecule has 2 aromatic rings. The smallest absolute Gasteiger partial charge is 0.341 e. The number of amides is 1. The molecule has 0 unspecified atom stereocenters. The summed E-state index contributed by atoms with van der Waals surface area (Å²) in [5.74, 6) is -2.83. The van der Waals surface area contributed by atoms with Gasteiger partial charge in [-0.2, -0.15) is 0 Å². The molecule has 2 atom stereocenters. The van der Waals surface area contributed by atoms with Gasteiger partial charge in [-0.15, -0.1) is 0 Å². The van der Waals surface area contributed by atoms with Crippen LogP contribution in [0.3, 0.4) is 0 Å². The normalized spacial score (nSPS) is 21.8. The van der Waals surface area contributed by atoms with Crippen LogP contribution in [0.25, 0.3) is 0 Å². The Morgan fingerprint density at radius 2 is 1.92 bits per heavy atom. The van der Waals surface area contributed by atoms with Gasteiger partial charge in [0, 0.05) is 12.7 Å². The molecule has 0 radical (unpaired) electrons. The SMILES string of the molecule is O=C(O)c1cn2c(c(O)c1=O)C(=O)N1CC[C@@H](c3ccccc3)O[C@H]1C2. The molecular formula is C18H16N2O6. The molecule has 1 saturated heterocycles. The Hall–Kier alpha value is -3.13. The van der Waals surface area contributed by atoms with Gasteiger partial charge in [0.1, 0.15) is 5.56 Å². The Morgan fingerprint density at radius 3 is 2.62 bits per heavy atom. The molecule has 1 aromatic carbocycles. The lowest BCUT2D eigenvalue weighted by molar-refractivity contribution is -0.136.